The predicted octanol–water partition coefficient (Wildman–Crippen LogP) is 2.72. The number of carboxylic acid groups (broad SMARTS) is 1. The Morgan fingerprint density at radius 1 is 1.25 bits per heavy atom. The van der Waals surface area contributed by atoms with Crippen molar-refractivity contribution in [3.8, 4) is 0 Å². The van der Waals surface area contributed by atoms with Gasteiger partial charge in [-0.1, -0.05) is 13.3 Å². The molecule has 0 radical (unpaired) electrons. The second-order valence-electron chi connectivity index (χ2n) is 5.28. The second-order valence-corrected chi connectivity index (χ2v) is 5.28. The van der Waals surface area contributed by atoms with E-state index in [1.165, 1.54) is 0 Å². The van der Waals surface area contributed by atoms with Crippen molar-refractivity contribution in [1.29, 1.82) is 0 Å². The number of halogens is 3. The highest BCUT2D eigenvalue weighted by Crippen LogP contribution is 2.39. The molecule has 2 N–H and O–H groups in total. The lowest BCUT2D eigenvalue weighted by Gasteiger charge is -2.29. The lowest BCUT2D eigenvalue weighted by Crippen LogP contribution is -2.44. The molecule has 0 saturated heterocycles. The minimum atomic E-state index is -4.20. The molecule has 1 unspecified atom stereocenters. The average Bonchev–Trinajstić information content (AvgIpc) is 2.37. The standard InChI is InChI=1S/C13H20F3NO3/c1-2-3-10(12(19)20)17-11(18)8-4-6-9(7-5-8)13(14,15)16/h8-10H,2-7H2,1H3,(H,17,18)(H,19,20). The van der Waals surface area contributed by atoms with E-state index in [0.29, 0.717) is 12.8 Å². The van der Waals surface area contributed by atoms with Gasteiger partial charge in [-0.25, -0.2) is 4.79 Å². The maximum Gasteiger partial charge on any atom is 0.391 e. The third kappa shape index (κ3) is 4.68. The van der Waals surface area contributed by atoms with E-state index in [2.05, 4.69) is 5.32 Å². The van der Waals surface area contributed by atoms with E-state index in [4.69, 9.17) is 5.11 Å². The molecule has 0 aromatic carbocycles. The Labute approximate surface area is 115 Å². The molecule has 7 heteroatoms. The maximum atomic E-state index is 12.5. The fourth-order valence-corrected chi connectivity index (χ4v) is 2.52. The Morgan fingerprint density at radius 2 is 1.80 bits per heavy atom. The first-order valence-electron chi connectivity index (χ1n) is 6.85. The number of amides is 1. The van der Waals surface area contributed by atoms with Crippen LogP contribution >= 0.6 is 0 Å². The number of aliphatic carboxylic acids is 1. The van der Waals surface area contributed by atoms with Crippen molar-refractivity contribution < 1.29 is 27.9 Å². The number of carboxylic acids is 1. The molecule has 0 heterocycles. The molecule has 0 bridgehead atoms. The summed E-state index contributed by atoms with van der Waals surface area (Å²) in [7, 11) is 0. The zero-order valence-corrected chi connectivity index (χ0v) is 11.4. The molecular formula is C13H20F3NO3. The van der Waals surface area contributed by atoms with Crippen molar-refractivity contribution in [1.82, 2.24) is 5.32 Å². The Balaban J connectivity index is 2.48. The first kappa shape index (κ1) is 16.8. The number of alkyl halides is 3. The van der Waals surface area contributed by atoms with Crippen LogP contribution in [0.25, 0.3) is 0 Å². The first-order chi connectivity index (χ1) is 9.25. The lowest BCUT2D eigenvalue weighted by atomic mass is 9.81. The van der Waals surface area contributed by atoms with Crippen LogP contribution in [0, 0.1) is 11.8 Å². The molecule has 1 aliphatic rings. The minimum Gasteiger partial charge on any atom is -0.480 e. The van der Waals surface area contributed by atoms with Crippen LogP contribution in [0.5, 0.6) is 0 Å². The van der Waals surface area contributed by atoms with Gasteiger partial charge >= 0.3 is 12.1 Å². The monoisotopic (exact) mass is 295 g/mol. The van der Waals surface area contributed by atoms with Crippen LogP contribution in [0.1, 0.15) is 45.4 Å². The zero-order chi connectivity index (χ0) is 15.3. The Hall–Kier alpha value is -1.27. The van der Waals surface area contributed by atoms with Gasteiger partial charge in [-0.15, -0.1) is 0 Å². The normalized spacial score (nSPS) is 25.0. The molecule has 0 aromatic rings. The van der Waals surface area contributed by atoms with Gasteiger partial charge in [0.15, 0.2) is 0 Å². The molecule has 1 aliphatic carbocycles. The Kier molecular flexibility index (Phi) is 5.83. The molecule has 1 rings (SSSR count). The summed E-state index contributed by atoms with van der Waals surface area (Å²) >= 11 is 0. The van der Waals surface area contributed by atoms with Crippen molar-refractivity contribution in [3.63, 3.8) is 0 Å². The van der Waals surface area contributed by atoms with Crippen molar-refractivity contribution in [2.24, 2.45) is 11.8 Å². The van der Waals surface area contributed by atoms with E-state index in [-0.39, 0.29) is 25.7 Å². The largest absolute Gasteiger partial charge is 0.480 e. The van der Waals surface area contributed by atoms with Crippen LogP contribution in [0.4, 0.5) is 13.2 Å². The maximum absolute atomic E-state index is 12.5. The van der Waals surface area contributed by atoms with Gasteiger partial charge in [0.05, 0.1) is 5.92 Å². The Morgan fingerprint density at radius 3 is 2.20 bits per heavy atom. The fourth-order valence-electron chi connectivity index (χ4n) is 2.52. The molecule has 0 aromatic heterocycles. The van der Waals surface area contributed by atoms with Gasteiger partial charge < -0.3 is 10.4 Å². The Bertz CT molecular complexity index is 349. The van der Waals surface area contributed by atoms with Crippen molar-refractivity contribution >= 4 is 11.9 Å². The SMILES string of the molecule is CCCC(NC(=O)C1CCC(C(F)(F)F)CC1)C(=O)O. The molecule has 4 nitrogen and oxygen atoms in total. The smallest absolute Gasteiger partial charge is 0.391 e. The van der Waals surface area contributed by atoms with Crippen LogP contribution in [0.15, 0.2) is 0 Å². The van der Waals surface area contributed by atoms with Crippen molar-refractivity contribution in [3.05, 3.63) is 0 Å². The topological polar surface area (TPSA) is 66.4 Å². The van der Waals surface area contributed by atoms with Gasteiger partial charge in [0.25, 0.3) is 0 Å². The summed E-state index contributed by atoms with van der Waals surface area (Å²) in [6.45, 7) is 1.80. The average molecular weight is 295 g/mol. The fraction of sp³-hybridized carbons (Fsp3) is 0.846. The number of rotatable bonds is 5. The van der Waals surface area contributed by atoms with E-state index in [9.17, 15) is 22.8 Å². The number of carbonyl (C=O) groups is 2. The zero-order valence-electron chi connectivity index (χ0n) is 11.4. The molecule has 116 valence electrons. The van der Waals surface area contributed by atoms with Gasteiger partial charge in [0.1, 0.15) is 6.04 Å². The minimum absolute atomic E-state index is 0.0624. The van der Waals surface area contributed by atoms with Crippen LogP contribution in [0.3, 0.4) is 0 Å². The number of nitrogens with one attached hydrogen (secondary N) is 1. The molecule has 1 atom stereocenters. The van der Waals surface area contributed by atoms with E-state index >= 15 is 0 Å². The third-order valence-corrected chi connectivity index (χ3v) is 3.75. The summed E-state index contributed by atoms with van der Waals surface area (Å²) in [4.78, 5) is 22.8. The first-order valence-corrected chi connectivity index (χ1v) is 6.85. The molecule has 1 saturated carbocycles. The molecule has 1 fully saturated rings. The summed E-state index contributed by atoms with van der Waals surface area (Å²) in [5.74, 6) is -3.39. The van der Waals surface area contributed by atoms with Crippen LogP contribution in [-0.2, 0) is 9.59 Å². The summed E-state index contributed by atoms with van der Waals surface area (Å²) in [6.07, 6.45) is -3.08. The number of carbonyl (C=O) groups excluding carboxylic acids is 1. The highest BCUT2D eigenvalue weighted by Gasteiger charge is 2.42. The summed E-state index contributed by atoms with van der Waals surface area (Å²) in [5.41, 5.74) is 0. The summed E-state index contributed by atoms with van der Waals surface area (Å²) in [5, 5.41) is 11.4. The lowest BCUT2D eigenvalue weighted by molar-refractivity contribution is -0.184. The van der Waals surface area contributed by atoms with Crippen LogP contribution in [-0.4, -0.2) is 29.2 Å². The van der Waals surface area contributed by atoms with Crippen LogP contribution < -0.4 is 5.32 Å². The van der Waals surface area contributed by atoms with E-state index in [1.807, 2.05) is 0 Å². The van der Waals surface area contributed by atoms with Crippen molar-refractivity contribution in [2.75, 3.05) is 0 Å². The molecule has 0 aliphatic heterocycles. The van der Waals surface area contributed by atoms with Gasteiger partial charge in [-0.05, 0) is 32.1 Å². The summed E-state index contributed by atoms with van der Waals surface area (Å²) < 4.78 is 37.5. The highest BCUT2D eigenvalue weighted by molar-refractivity contribution is 5.84. The van der Waals surface area contributed by atoms with Gasteiger partial charge in [0, 0.05) is 5.92 Å². The molecule has 1 amide bonds. The number of hydrogen-bond acceptors (Lipinski definition) is 2. The quantitative estimate of drug-likeness (QED) is 0.819. The summed E-state index contributed by atoms with van der Waals surface area (Å²) in [6, 6.07) is -0.951. The molecule has 20 heavy (non-hydrogen) atoms. The second kappa shape index (κ2) is 6.95. The van der Waals surface area contributed by atoms with E-state index in [0.717, 1.165) is 0 Å². The van der Waals surface area contributed by atoms with Gasteiger partial charge in [0.2, 0.25) is 5.91 Å². The third-order valence-electron chi connectivity index (χ3n) is 3.75. The highest BCUT2D eigenvalue weighted by atomic mass is 19.4. The van der Waals surface area contributed by atoms with E-state index in [1.54, 1.807) is 6.92 Å². The van der Waals surface area contributed by atoms with E-state index < -0.39 is 35.9 Å². The molecular weight excluding hydrogens is 275 g/mol. The predicted molar refractivity (Wildman–Crippen MR) is 66.0 cm³/mol. The van der Waals surface area contributed by atoms with Crippen LogP contribution in [0.2, 0.25) is 0 Å². The van der Waals surface area contributed by atoms with Crippen molar-refractivity contribution in [2.45, 2.75) is 57.7 Å². The molecule has 0 spiro atoms. The number of hydrogen-bond donors (Lipinski definition) is 2. The van der Waals surface area contributed by atoms with Gasteiger partial charge in [-0.2, -0.15) is 13.2 Å². The van der Waals surface area contributed by atoms with Gasteiger partial charge in [-0.3, -0.25) is 4.79 Å².